The molecular formula is C10H9ClS2. The molecule has 68 valence electrons. The van der Waals surface area contributed by atoms with Crippen molar-refractivity contribution in [3.05, 3.63) is 28.1 Å². The summed E-state index contributed by atoms with van der Waals surface area (Å²) in [6.45, 7) is 2.14. The summed E-state index contributed by atoms with van der Waals surface area (Å²) in [5, 5.41) is 4.03. The maximum Gasteiger partial charge on any atom is 0.0504 e. The number of fused-ring (bicyclic) bond motifs is 1. The van der Waals surface area contributed by atoms with Crippen LogP contribution in [0.3, 0.4) is 0 Å². The molecule has 0 aliphatic carbocycles. The van der Waals surface area contributed by atoms with Crippen molar-refractivity contribution in [2.45, 2.75) is 18.2 Å². The zero-order valence-electron chi connectivity index (χ0n) is 7.17. The van der Waals surface area contributed by atoms with Crippen LogP contribution in [-0.2, 0) is 6.42 Å². The van der Waals surface area contributed by atoms with Crippen LogP contribution in [0.1, 0.15) is 12.5 Å². The zero-order chi connectivity index (χ0) is 9.42. The number of thiophene rings is 1. The molecule has 0 radical (unpaired) electrons. The SMILES string of the molecule is CCc1c(S)cc(Cl)c2ccsc12. The lowest BCUT2D eigenvalue weighted by molar-refractivity contribution is 1.11. The van der Waals surface area contributed by atoms with Crippen molar-refractivity contribution in [1.29, 1.82) is 0 Å². The number of rotatable bonds is 1. The van der Waals surface area contributed by atoms with Gasteiger partial charge in [0.15, 0.2) is 0 Å². The van der Waals surface area contributed by atoms with E-state index in [1.165, 1.54) is 10.3 Å². The molecule has 1 aromatic heterocycles. The predicted octanol–water partition coefficient (Wildman–Crippen LogP) is 4.41. The van der Waals surface area contributed by atoms with Gasteiger partial charge in [0.1, 0.15) is 0 Å². The Morgan fingerprint density at radius 2 is 2.31 bits per heavy atom. The van der Waals surface area contributed by atoms with Crippen LogP contribution in [0.5, 0.6) is 0 Å². The summed E-state index contributed by atoms with van der Waals surface area (Å²) in [7, 11) is 0. The largest absolute Gasteiger partial charge is 0.143 e. The smallest absolute Gasteiger partial charge is 0.0504 e. The molecule has 0 fully saturated rings. The quantitative estimate of drug-likeness (QED) is 0.687. The summed E-state index contributed by atoms with van der Waals surface area (Å²) in [6.07, 6.45) is 1.01. The molecule has 3 heteroatoms. The van der Waals surface area contributed by atoms with Crippen LogP contribution in [0.2, 0.25) is 5.02 Å². The van der Waals surface area contributed by atoms with Crippen LogP contribution >= 0.6 is 35.6 Å². The highest BCUT2D eigenvalue weighted by atomic mass is 35.5. The molecule has 1 aromatic carbocycles. The third-order valence-electron chi connectivity index (χ3n) is 2.12. The Balaban J connectivity index is 2.88. The summed E-state index contributed by atoms with van der Waals surface area (Å²) in [4.78, 5) is 1.00. The Kier molecular flexibility index (Phi) is 2.54. The van der Waals surface area contributed by atoms with Gasteiger partial charge in [-0.2, -0.15) is 0 Å². The van der Waals surface area contributed by atoms with Crippen molar-refractivity contribution in [2.75, 3.05) is 0 Å². The molecule has 0 aliphatic rings. The van der Waals surface area contributed by atoms with Gasteiger partial charge >= 0.3 is 0 Å². The minimum atomic E-state index is 0.804. The van der Waals surface area contributed by atoms with E-state index >= 15 is 0 Å². The van der Waals surface area contributed by atoms with Crippen LogP contribution < -0.4 is 0 Å². The summed E-state index contributed by atoms with van der Waals surface area (Å²) < 4.78 is 1.28. The second-order valence-corrected chi connectivity index (χ2v) is 4.68. The molecule has 2 aromatic rings. The summed E-state index contributed by atoms with van der Waals surface area (Å²) >= 11 is 12.2. The molecule has 0 nitrogen and oxygen atoms in total. The molecule has 0 spiro atoms. The van der Waals surface area contributed by atoms with Gasteiger partial charge in [0, 0.05) is 15.0 Å². The van der Waals surface area contributed by atoms with Gasteiger partial charge in [-0.1, -0.05) is 18.5 Å². The van der Waals surface area contributed by atoms with E-state index in [1.54, 1.807) is 11.3 Å². The first-order valence-corrected chi connectivity index (χ1v) is 5.82. The highest BCUT2D eigenvalue weighted by Gasteiger charge is 2.08. The molecule has 1 heterocycles. The summed E-state index contributed by atoms with van der Waals surface area (Å²) in [5.41, 5.74) is 1.30. The Morgan fingerprint density at radius 1 is 1.54 bits per heavy atom. The number of hydrogen-bond acceptors (Lipinski definition) is 2. The van der Waals surface area contributed by atoms with E-state index in [2.05, 4.69) is 31.0 Å². The van der Waals surface area contributed by atoms with E-state index in [0.29, 0.717) is 0 Å². The van der Waals surface area contributed by atoms with E-state index in [1.807, 2.05) is 6.07 Å². The van der Waals surface area contributed by atoms with Gasteiger partial charge in [-0.3, -0.25) is 0 Å². The van der Waals surface area contributed by atoms with Crippen LogP contribution in [0, 0.1) is 0 Å². The summed E-state index contributed by atoms with van der Waals surface area (Å²) in [6, 6.07) is 3.99. The number of benzene rings is 1. The molecule has 0 N–H and O–H groups in total. The zero-order valence-corrected chi connectivity index (χ0v) is 9.64. The Morgan fingerprint density at radius 3 is 3.00 bits per heavy atom. The van der Waals surface area contributed by atoms with Crippen LogP contribution in [0.15, 0.2) is 22.4 Å². The van der Waals surface area contributed by atoms with Crippen molar-refractivity contribution < 1.29 is 0 Å². The third-order valence-corrected chi connectivity index (χ3v) is 3.81. The van der Waals surface area contributed by atoms with Gasteiger partial charge < -0.3 is 0 Å². The van der Waals surface area contributed by atoms with Gasteiger partial charge in [-0.05, 0) is 29.5 Å². The molecule has 0 amide bonds. The van der Waals surface area contributed by atoms with Gasteiger partial charge in [-0.15, -0.1) is 24.0 Å². The van der Waals surface area contributed by atoms with E-state index in [0.717, 1.165) is 21.7 Å². The number of aryl methyl sites for hydroxylation is 1. The predicted molar refractivity (Wildman–Crippen MR) is 63.5 cm³/mol. The Hall–Kier alpha value is -0.180. The van der Waals surface area contributed by atoms with Gasteiger partial charge in [0.25, 0.3) is 0 Å². The first kappa shape index (κ1) is 9.38. The Bertz CT molecular complexity index is 445. The maximum atomic E-state index is 6.09. The monoisotopic (exact) mass is 228 g/mol. The molecule has 0 saturated heterocycles. The lowest BCUT2D eigenvalue weighted by Crippen LogP contribution is -1.83. The van der Waals surface area contributed by atoms with Gasteiger partial charge in [0.05, 0.1) is 5.02 Å². The molecule has 13 heavy (non-hydrogen) atoms. The van der Waals surface area contributed by atoms with E-state index in [4.69, 9.17) is 11.6 Å². The lowest BCUT2D eigenvalue weighted by atomic mass is 10.1. The van der Waals surface area contributed by atoms with Crippen LogP contribution in [0.4, 0.5) is 0 Å². The molecule has 0 bridgehead atoms. The Labute approximate surface area is 91.9 Å². The lowest BCUT2D eigenvalue weighted by Gasteiger charge is -2.04. The molecule has 2 rings (SSSR count). The average Bonchev–Trinajstić information content (AvgIpc) is 2.53. The number of hydrogen-bond donors (Lipinski definition) is 1. The average molecular weight is 229 g/mol. The number of thiol groups is 1. The fourth-order valence-electron chi connectivity index (χ4n) is 1.47. The minimum Gasteiger partial charge on any atom is -0.143 e. The van der Waals surface area contributed by atoms with Crippen LogP contribution in [-0.4, -0.2) is 0 Å². The van der Waals surface area contributed by atoms with E-state index in [-0.39, 0.29) is 0 Å². The number of halogens is 1. The molecule has 0 aliphatic heterocycles. The fraction of sp³-hybridized carbons (Fsp3) is 0.200. The van der Waals surface area contributed by atoms with Crippen molar-refractivity contribution in [3.8, 4) is 0 Å². The normalized spacial score (nSPS) is 11.0. The second-order valence-electron chi connectivity index (χ2n) is 2.87. The molecule has 0 saturated carbocycles. The molecular weight excluding hydrogens is 220 g/mol. The second kappa shape index (κ2) is 3.52. The van der Waals surface area contributed by atoms with E-state index in [9.17, 15) is 0 Å². The molecule has 0 atom stereocenters. The topological polar surface area (TPSA) is 0 Å². The van der Waals surface area contributed by atoms with Crippen molar-refractivity contribution >= 4 is 45.7 Å². The fourth-order valence-corrected chi connectivity index (χ4v) is 3.39. The highest BCUT2D eigenvalue weighted by molar-refractivity contribution is 7.80. The maximum absolute atomic E-state index is 6.09. The minimum absolute atomic E-state index is 0.804. The summed E-state index contributed by atoms with van der Waals surface area (Å²) in [5.74, 6) is 0. The van der Waals surface area contributed by atoms with Crippen molar-refractivity contribution in [2.24, 2.45) is 0 Å². The van der Waals surface area contributed by atoms with E-state index < -0.39 is 0 Å². The first-order chi connectivity index (χ1) is 6.24. The van der Waals surface area contributed by atoms with Gasteiger partial charge in [0.2, 0.25) is 0 Å². The highest BCUT2D eigenvalue weighted by Crippen LogP contribution is 2.35. The standard InChI is InChI=1S/C10H9ClS2/c1-2-6-9(12)5-8(11)7-3-4-13-10(6)7/h3-5,12H,2H2,1H3. The molecule has 0 unspecified atom stereocenters. The van der Waals surface area contributed by atoms with Crippen molar-refractivity contribution in [3.63, 3.8) is 0 Å². The van der Waals surface area contributed by atoms with Crippen LogP contribution in [0.25, 0.3) is 10.1 Å². The first-order valence-electron chi connectivity index (χ1n) is 4.11. The van der Waals surface area contributed by atoms with Crippen molar-refractivity contribution in [1.82, 2.24) is 0 Å². The van der Waals surface area contributed by atoms with Gasteiger partial charge in [-0.25, -0.2) is 0 Å². The third kappa shape index (κ3) is 1.47.